The number of hydrogen-bond donors (Lipinski definition) is 1. The minimum Gasteiger partial charge on any atom is -0.335 e. The molecular formula is C14H18F2N2O. The van der Waals surface area contributed by atoms with Gasteiger partial charge in [-0.15, -0.1) is 0 Å². The monoisotopic (exact) mass is 268 g/mol. The first kappa shape index (κ1) is 13.9. The van der Waals surface area contributed by atoms with E-state index < -0.39 is 23.1 Å². The lowest BCUT2D eigenvalue weighted by Crippen LogP contribution is -2.45. The molecule has 0 bridgehead atoms. The van der Waals surface area contributed by atoms with Crippen molar-refractivity contribution in [2.75, 3.05) is 13.1 Å². The number of carbonyl (C=O) groups is 1. The zero-order chi connectivity index (χ0) is 13.8. The molecule has 0 aromatic heterocycles. The maximum absolute atomic E-state index is 13.7. The molecule has 2 N–H and O–H groups in total. The number of nitrogens with two attached hydrogens (primary N) is 1. The van der Waals surface area contributed by atoms with Crippen LogP contribution in [0.1, 0.15) is 36.0 Å². The highest BCUT2D eigenvalue weighted by molar-refractivity contribution is 5.95. The highest BCUT2D eigenvalue weighted by atomic mass is 19.1. The molecule has 1 aliphatic carbocycles. The third kappa shape index (κ3) is 2.92. The summed E-state index contributed by atoms with van der Waals surface area (Å²) in [4.78, 5) is 13.9. The average molecular weight is 268 g/mol. The molecule has 0 saturated heterocycles. The summed E-state index contributed by atoms with van der Waals surface area (Å²) in [6.07, 6.45) is 3.48. The highest BCUT2D eigenvalue weighted by Gasteiger charge is 2.31. The van der Waals surface area contributed by atoms with Gasteiger partial charge >= 0.3 is 0 Å². The van der Waals surface area contributed by atoms with Gasteiger partial charge in [-0.3, -0.25) is 4.79 Å². The van der Waals surface area contributed by atoms with Crippen molar-refractivity contribution in [2.24, 2.45) is 5.73 Å². The van der Waals surface area contributed by atoms with Crippen molar-refractivity contribution in [3.05, 3.63) is 35.4 Å². The summed E-state index contributed by atoms with van der Waals surface area (Å²) in [6, 6.07) is 3.57. The van der Waals surface area contributed by atoms with Crippen molar-refractivity contribution in [2.45, 2.75) is 31.7 Å². The Morgan fingerprint density at radius 2 is 1.95 bits per heavy atom. The molecule has 3 nitrogen and oxygen atoms in total. The molecule has 0 radical (unpaired) electrons. The van der Waals surface area contributed by atoms with E-state index in [0.29, 0.717) is 19.5 Å². The van der Waals surface area contributed by atoms with E-state index in [-0.39, 0.29) is 6.04 Å². The molecule has 1 amide bonds. The first-order chi connectivity index (χ1) is 9.15. The number of hydrogen-bond acceptors (Lipinski definition) is 2. The molecule has 5 heteroatoms. The summed E-state index contributed by atoms with van der Waals surface area (Å²) in [7, 11) is 0. The Balaban J connectivity index is 2.22. The molecule has 1 fully saturated rings. The van der Waals surface area contributed by atoms with Crippen LogP contribution < -0.4 is 5.73 Å². The molecule has 1 aromatic carbocycles. The molecule has 0 aliphatic heterocycles. The molecule has 0 unspecified atom stereocenters. The predicted molar refractivity (Wildman–Crippen MR) is 68.7 cm³/mol. The second kappa shape index (κ2) is 6.10. The topological polar surface area (TPSA) is 46.3 Å². The zero-order valence-electron chi connectivity index (χ0n) is 10.7. The van der Waals surface area contributed by atoms with Gasteiger partial charge in [-0.25, -0.2) is 8.78 Å². The largest absolute Gasteiger partial charge is 0.335 e. The van der Waals surface area contributed by atoms with Gasteiger partial charge in [0.25, 0.3) is 5.91 Å². The van der Waals surface area contributed by atoms with Gasteiger partial charge in [-0.05, 0) is 44.4 Å². The zero-order valence-corrected chi connectivity index (χ0v) is 10.7. The van der Waals surface area contributed by atoms with Gasteiger partial charge in [0.1, 0.15) is 17.2 Å². The van der Waals surface area contributed by atoms with Crippen LogP contribution in [-0.2, 0) is 0 Å². The Kier molecular flexibility index (Phi) is 4.47. The quantitative estimate of drug-likeness (QED) is 0.890. The summed E-state index contributed by atoms with van der Waals surface area (Å²) < 4.78 is 27.3. The van der Waals surface area contributed by atoms with E-state index in [9.17, 15) is 13.6 Å². The Hall–Kier alpha value is -1.49. The lowest BCUT2D eigenvalue weighted by Gasteiger charge is -2.37. The third-order valence-electron chi connectivity index (χ3n) is 3.56. The molecule has 1 aliphatic rings. The van der Waals surface area contributed by atoms with Crippen LogP contribution in [0, 0.1) is 11.6 Å². The van der Waals surface area contributed by atoms with E-state index in [1.807, 2.05) is 0 Å². The first-order valence-corrected chi connectivity index (χ1v) is 6.60. The van der Waals surface area contributed by atoms with Gasteiger partial charge in [0.2, 0.25) is 0 Å². The van der Waals surface area contributed by atoms with E-state index >= 15 is 0 Å². The fourth-order valence-corrected chi connectivity index (χ4v) is 2.26. The Bertz CT molecular complexity index is 441. The maximum Gasteiger partial charge on any atom is 0.260 e. The minimum absolute atomic E-state index is 0.0954. The van der Waals surface area contributed by atoms with Gasteiger partial charge in [0.15, 0.2) is 0 Å². The van der Waals surface area contributed by atoms with E-state index in [1.165, 1.54) is 6.07 Å². The normalized spacial score (nSPS) is 15.1. The number of halogens is 2. The van der Waals surface area contributed by atoms with Crippen molar-refractivity contribution in [1.82, 2.24) is 4.90 Å². The van der Waals surface area contributed by atoms with Crippen molar-refractivity contribution in [1.29, 1.82) is 0 Å². The predicted octanol–water partition coefficient (Wildman–Crippen LogP) is 2.31. The van der Waals surface area contributed by atoms with Crippen LogP contribution in [0.3, 0.4) is 0 Å². The standard InChI is InChI=1S/C14H18F2N2O/c15-11-6-2-7-12(16)13(11)14(19)18(9-3-8-17)10-4-1-5-10/h2,6-7,10H,1,3-5,8-9,17H2. The van der Waals surface area contributed by atoms with Crippen LogP contribution in [0.2, 0.25) is 0 Å². The van der Waals surface area contributed by atoms with Crippen LogP contribution in [0.4, 0.5) is 8.78 Å². The maximum atomic E-state index is 13.7. The molecule has 1 saturated carbocycles. The van der Waals surface area contributed by atoms with Gasteiger partial charge in [-0.1, -0.05) is 6.07 Å². The second-order valence-corrected chi connectivity index (χ2v) is 4.82. The number of amides is 1. The average Bonchev–Trinajstić information content (AvgIpc) is 2.31. The van der Waals surface area contributed by atoms with E-state index in [0.717, 1.165) is 31.4 Å². The fraction of sp³-hybridized carbons (Fsp3) is 0.500. The smallest absolute Gasteiger partial charge is 0.260 e. The van der Waals surface area contributed by atoms with Gasteiger partial charge in [-0.2, -0.15) is 0 Å². The van der Waals surface area contributed by atoms with Crippen LogP contribution >= 0.6 is 0 Å². The summed E-state index contributed by atoms with van der Waals surface area (Å²) >= 11 is 0. The van der Waals surface area contributed by atoms with Crippen molar-refractivity contribution < 1.29 is 13.6 Å². The van der Waals surface area contributed by atoms with E-state index in [1.54, 1.807) is 4.90 Å². The van der Waals surface area contributed by atoms with Crippen molar-refractivity contribution in [3.8, 4) is 0 Å². The van der Waals surface area contributed by atoms with Crippen molar-refractivity contribution in [3.63, 3.8) is 0 Å². The van der Waals surface area contributed by atoms with E-state index in [4.69, 9.17) is 5.73 Å². The first-order valence-electron chi connectivity index (χ1n) is 6.60. The van der Waals surface area contributed by atoms with Crippen LogP contribution in [0.15, 0.2) is 18.2 Å². The Morgan fingerprint density at radius 1 is 1.32 bits per heavy atom. The van der Waals surface area contributed by atoms with Crippen molar-refractivity contribution >= 4 is 5.91 Å². The van der Waals surface area contributed by atoms with Gasteiger partial charge in [0.05, 0.1) is 0 Å². The SMILES string of the molecule is NCCCN(C(=O)c1c(F)cccc1F)C1CCC1. The summed E-state index contributed by atoms with van der Waals surface area (Å²) in [6.45, 7) is 0.907. The van der Waals surface area contributed by atoms with Gasteiger partial charge < -0.3 is 10.6 Å². The number of nitrogens with zero attached hydrogens (tertiary/aromatic N) is 1. The Morgan fingerprint density at radius 3 is 2.42 bits per heavy atom. The second-order valence-electron chi connectivity index (χ2n) is 4.82. The van der Waals surface area contributed by atoms with Gasteiger partial charge in [0, 0.05) is 12.6 Å². The third-order valence-corrected chi connectivity index (χ3v) is 3.56. The van der Waals surface area contributed by atoms with Crippen LogP contribution in [-0.4, -0.2) is 29.9 Å². The molecular weight excluding hydrogens is 250 g/mol. The highest BCUT2D eigenvalue weighted by Crippen LogP contribution is 2.27. The Labute approximate surface area is 111 Å². The number of rotatable bonds is 5. The molecule has 0 heterocycles. The summed E-state index contributed by atoms with van der Waals surface area (Å²) in [5.74, 6) is -2.17. The molecule has 0 spiro atoms. The number of carbonyl (C=O) groups excluding carboxylic acids is 1. The molecule has 0 atom stereocenters. The summed E-state index contributed by atoms with van der Waals surface area (Å²) in [5, 5.41) is 0. The molecule has 19 heavy (non-hydrogen) atoms. The van der Waals surface area contributed by atoms with Crippen LogP contribution in [0.5, 0.6) is 0 Å². The molecule has 2 rings (SSSR count). The number of benzene rings is 1. The lowest BCUT2D eigenvalue weighted by molar-refractivity contribution is 0.0568. The van der Waals surface area contributed by atoms with Crippen LogP contribution in [0.25, 0.3) is 0 Å². The fourth-order valence-electron chi connectivity index (χ4n) is 2.26. The summed E-state index contributed by atoms with van der Waals surface area (Å²) in [5.41, 5.74) is 5.00. The minimum atomic E-state index is -0.804. The van der Waals surface area contributed by atoms with E-state index in [2.05, 4.69) is 0 Å². The lowest BCUT2D eigenvalue weighted by atomic mass is 9.90. The molecule has 104 valence electrons. The molecule has 1 aromatic rings.